The quantitative estimate of drug-likeness (QED) is 0.788. The molecule has 1 aliphatic rings. The molecule has 1 aromatic rings. The lowest BCUT2D eigenvalue weighted by atomic mass is 9.94. The highest BCUT2D eigenvalue weighted by molar-refractivity contribution is 5.48. The standard InChI is InChI=1S/C15H20O2/c1-3-12-8-10-13(11-9-12)17-15-7-5-4-6-14(15)16-2/h3,8-11,14-15H,1,4-7H2,2H3. The van der Waals surface area contributed by atoms with Gasteiger partial charge in [0.2, 0.25) is 0 Å². The average Bonchev–Trinajstić information content (AvgIpc) is 2.40. The lowest BCUT2D eigenvalue weighted by molar-refractivity contribution is -0.0229. The molecule has 2 rings (SSSR count). The summed E-state index contributed by atoms with van der Waals surface area (Å²) in [7, 11) is 1.77. The van der Waals surface area contributed by atoms with Gasteiger partial charge in [-0.25, -0.2) is 0 Å². The Bertz CT molecular complexity index is 356. The molecule has 92 valence electrons. The van der Waals surface area contributed by atoms with Gasteiger partial charge in [-0.1, -0.05) is 31.2 Å². The van der Waals surface area contributed by atoms with Crippen molar-refractivity contribution in [1.29, 1.82) is 0 Å². The number of methoxy groups -OCH3 is 1. The van der Waals surface area contributed by atoms with E-state index in [1.165, 1.54) is 12.8 Å². The molecule has 1 aliphatic carbocycles. The predicted molar refractivity (Wildman–Crippen MR) is 70.2 cm³/mol. The first-order valence-electron chi connectivity index (χ1n) is 6.25. The minimum Gasteiger partial charge on any atom is -0.488 e. The van der Waals surface area contributed by atoms with Crippen LogP contribution in [0.2, 0.25) is 0 Å². The zero-order valence-corrected chi connectivity index (χ0v) is 10.4. The molecular formula is C15H20O2. The Labute approximate surface area is 103 Å². The van der Waals surface area contributed by atoms with E-state index < -0.39 is 0 Å². The lowest BCUT2D eigenvalue weighted by Crippen LogP contribution is -2.36. The van der Waals surface area contributed by atoms with Crippen LogP contribution in [-0.4, -0.2) is 19.3 Å². The van der Waals surface area contributed by atoms with Gasteiger partial charge in [-0.3, -0.25) is 0 Å². The highest BCUT2D eigenvalue weighted by Gasteiger charge is 2.26. The summed E-state index contributed by atoms with van der Waals surface area (Å²) in [4.78, 5) is 0. The predicted octanol–water partition coefficient (Wildman–Crippen LogP) is 3.67. The van der Waals surface area contributed by atoms with Gasteiger partial charge in [0.1, 0.15) is 11.9 Å². The second-order valence-electron chi connectivity index (χ2n) is 4.49. The van der Waals surface area contributed by atoms with Gasteiger partial charge < -0.3 is 9.47 Å². The maximum Gasteiger partial charge on any atom is 0.125 e. The molecule has 0 spiro atoms. The zero-order chi connectivity index (χ0) is 12.1. The largest absolute Gasteiger partial charge is 0.488 e. The van der Waals surface area contributed by atoms with Gasteiger partial charge in [-0.15, -0.1) is 0 Å². The van der Waals surface area contributed by atoms with Crippen molar-refractivity contribution in [2.75, 3.05) is 7.11 Å². The van der Waals surface area contributed by atoms with Crippen molar-refractivity contribution < 1.29 is 9.47 Å². The third-order valence-electron chi connectivity index (χ3n) is 3.35. The van der Waals surface area contributed by atoms with Crippen LogP contribution >= 0.6 is 0 Å². The Balaban J connectivity index is 2.00. The number of ether oxygens (including phenoxy) is 2. The molecule has 0 aliphatic heterocycles. The summed E-state index contributed by atoms with van der Waals surface area (Å²) >= 11 is 0. The Morgan fingerprint density at radius 2 is 1.76 bits per heavy atom. The van der Waals surface area contributed by atoms with Crippen LogP contribution in [0.4, 0.5) is 0 Å². The fourth-order valence-corrected chi connectivity index (χ4v) is 2.32. The third kappa shape index (κ3) is 3.10. The van der Waals surface area contributed by atoms with Crippen LogP contribution in [-0.2, 0) is 4.74 Å². The first-order valence-corrected chi connectivity index (χ1v) is 6.25. The van der Waals surface area contributed by atoms with E-state index in [0.717, 1.165) is 24.2 Å². The normalized spacial score (nSPS) is 24.3. The molecule has 0 saturated heterocycles. The van der Waals surface area contributed by atoms with Gasteiger partial charge in [0.15, 0.2) is 0 Å². The van der Waals surface area contributed by atoms with Crippen LogP contribution in [0.15, 0.2) is 30.8 Å². The third-order valence-corrected chi connectivity index (χ3v) is 3.35. The van der Waals surface area contributed by atoms with Crippen LogP contribution in [0.3, 0.4) is 0 Å². The number of benzene rings is 1. The van der Waals surface area contributed by atoms with E-state index in [1.54, 1.807) is 7.11 Å². The minimum atomic E-state index is 0.198. The molecule has 0 radical (unpaired) electrons. The summed E-state index contributed by atoms with van der Waals surface area (Å²) in [6.07, 6.45) is 6.94. The molecule has 0 aromatic heterocycles. The monoisotopic (exact) mass is 232 g/mol. The molecule has 1 fully saturated rings. The van der Waals surface area contributed by atoms with E-state index in [9.17, 15) is 0 Å². The molecule has 0 bridgehead atoms. The molecule has 1 saturated carbocycles. The molecule has 2 nitrogen and oxygen atoms in total. The maximum absolute atomic E-state index is 6.00. The molecular weight excluding hydrogens is 212 g/mol. The van der Waals surface area contributed by atoms with Crippen molar-refractivity contribution in [3.05, 3.63) is 36.4 Å². The topological polar surface area (TPSA) is 18.5 Å². The van der Waals surface area contributed by atoms with Gasteiger partial charge in [-0.2, -0.15) is 0 Å². The van der Waals surface area contributed by atoms with Crippen molar-refractivity contribution in [2.45, 2.75) is 37.9 Å². The van der Waals surface area contributed by atoms with E-state index >= 15 is 0 Å². The van der Waals surface area contributed by atoms with E-state index in [4.69, 9.17) is 9.47 Å². The highest BCUT2D eigenvalue weighted by Crippen LogP contribution is 2.25. The average molecular weight is 232 g/mol. The molecule has 0 heterocycles. The van der Waals surface area contributed by atoms with Crippen LogP contribution < -0.4 is 4.74 Å². The summed E-state index contributed by atoms with van der Waals surface area (Å²) in [5.74, 6) is 0.921. The molecule has 17 heavy (non-hydrogen) atoms. The highest BCUT2D eigenvalue weighted by atomic mass is 16.5. The summed E-state index contributed by atoms with van der Waals surface area (Å²) in [6, 6.07) is 8.04. The van der Waals surface area contributed by atoms with Gasteiger partial charge in [-0.05, 0) is 37.0 Å². The van der Waals surface area contributed by atoms with Crippen molar-refractivity contribution in [1.82, 2.24) is 0 Å². The van der Waals surface area contributed by atoms with Crippen LogP contribution in [0.25, 0.3) is 6.08 Å². The zero-order valence-electron chi connectivity index (χ0n) is 10.4. The van der Waals surface area contributed by atoms with Crippen molar-refractivity contribution in [2.24, 2.45) is 0 Å². The van der Waals surface area contributed by atoms with Gasteiger partial charge >= 0.3 is 0 Å². The maximum atomic E-state index is 6.00. The molecule has 0 amide bonds. The van der Waals surface area contributed by atoms with E-state index in [0.29, 0.717) is 0 Å². The van der Waals surface area contributed by atoms with E-state index in [2.05, 4.69) is 6.58 Å². The van der Waals surface area contributed by atoms with Crippen LogP contribution in [0.1, 0.15) is 31.2 Å². The molecule has 2 unspecified atom stereocenters. The number of hydrogen-bond donors (Lipinski definition) is 0. The van der Waals surface area contributed by atoms with Crippen molar-refractivity contribution >= 4 is 6.08 Å². The SMILES string of the molecule is C=Cc1ccc(OC2CCCCC2OC)cc1. The first-order chi connectivity index (χ1) is 8.33. The summed E-state index contributed by atoms with van der Waals surface area (Å²) in [5, 5.41) is 0. The minimum absolute atomic E-state index is 0.198. The Kier molecular flexibility index (Phi) is 4.21. The summed E-state index contributed by atoms with van der Waals surface area (Å²) in [6.45, 7) is 3.74. The Morgan fingerprint density at radius 1 is 1.12 bits per heavy atom. The Morgan fingerprint density at radius 3 is 2.35 bits per heavy atom. The first kappa shape index (κ1) is 12.2. The van der Waals surface area contributed by atoms with Gasteiger partial charge in [0, 0.05) is 7.11 Å². The second kappa shape index (κ2) is 5.87. The van der Waals surface area contributed by atoms with Crippen molar-refractivity contribution in [3.63, 3.8) is 0 Å². The smallest absolute Gasteiger partial charge is 0.125 e. The van der Waals surface area contributed by atoms with Gasteiger partial charge in [0.25, 0.3) is 0 Å². The van der Waals surface area contributed by atoms with Crippen molar-refractivity contribution in [3.8, 4) is 5.75 Å². The van der Waals surface area contributed by atoms with Gasteiger partial charge in [0.05, 0.1) is 6.10 Å². The lowest BCUT2D eigenvalue weighted by Gasteiger charge is -2.30. The van der Waals surface area contributed by atoms with E-state index in [-0.39, 0.29) is 12.2 Å². The fraction of sp³-hybridized carbons (Fsp3) is 0.467. The number of rotatable bonds is 4. The fourth-order valence-electron chi connectivity index (χ4n) is 2.32. The van der Waals surface area contributed by atoms with Crippen LogP contribution in [0.5, 0.6) is 5.75 Å². The van der Waals surface area contributed by atoms with E-state index in [1.807, 2.05) is 30.3 Å². The van der Waals surface area contributed by atoms with Crippen LogP contribution in [0, 0.1) is 0 Å². The second-order valence-corrected chi connectivity index (χ2v) is 4.49. The number of hydrogen-bond acceptors (Lipinski definition) is 2. The molecule has 2 atom stereocenters. The molecule has 0 N–H and O–H groups in total. The summed E-state index contributed by atoms with van der Waals surface area (Å²) in [5.41, 5.74) is 1.12. The molecule has 1 aromatic carbocycles. The summed E-state index contributed by atoms with van der Waals surface area (Å²) < 4.78 is 11.5. The Hall–Kier alpha value is -1.28. The molecule has 2 heteroatoms.